The van der Waals surface area contributed by atoms with Gasteiger partial charge in [0, 0.05) is 51.1 Å². The van der Waals surface area contributed by atoms with Gasteiger partial charge < -0.3 is 15.0 Å². The molecular formula is C48H77N5O8S. The highest BCUT2D eigenvalue weighted by Gasteiger charge is 2.85. The Morgan fingerprint density at radius 3 is 2.05 bits per heavy atom. The van der Waals surface area contributed by atoms with Gasteiger partial charge in [0.15, 0.2) is 11.6 Å². The van der Waals surface area contributed by atoms with Crippen LogP contribution in [0.1, 0.15) is 151 Å². The van der Waals surface area contributed by atoms with Gasteiger partial charge in [-0.3, -0.25) is 28.9 Å². The number of carbonyl (C=O) groups is 5. The molecular weight excluding hydrogens is 807 g/mol. The van der Waals surface area contributed by atoms with Crippen molar-refractivity contribution in [2.24, 2.45) is 44.3 Å². The summed E-state index contributed by atoms with van der Waals surface area (Å²) in [4.78, 5) is 78.3. The zero-order valence-electron chi connectivity index (χ0n) is 39.0. The number of rotatable bonds is 18. The predicted octanol–water partition coefficient (Wildman–Crippen LogP) is 5.97. The molecule has 62 heavy (non-hydrogen) atoms. The van der Waals surface area contributed by atoms with Crippen LogP contribution in [0, 0.1) is 44.3 Å². The van der Waals surface area contributed by atoms with E-state index in [1.807, 2.05) is 4.90 Å². The van der Waals surface area contributed by atoms with E-state index in [2.05, 4.69) is 56.1 Å². The van der Waals surface area contributed by atoms with E-state index in [-0.39, 0.29) is 77.5 Å². The van der Waals surface area contributed by atoms with E-state index < -0.39 is 50.4 Å². The number of carbonyl (C=O) groups excluding carboxylic acids is 5. The van der Waals surface area contributed by atoms with Gasteiger partial charge >= 0.3 is 10.2 Å². The number of hydrogen-bond acceptors (Lipinski definition) is 9. The third-order valence-electron chi connectivity index (χ3n) is 18.6. The van der Waals surface area contributed by atoms with Crippen molar-refractivity contribution in [3.05, 3.63) is 12.7 Å². The summed E-state index contributed by atoms with van der Waals surface area (Å²) in [5.41, 5.74) is -2.70. The summed E-state index contributed by atoms with van der Waals surface area (Å²) >= 11 is 0. The molecule has 3 heterocycles. The Kier molecular flexibility index (Phi) is 13.2. The normalized spacial score (nSPS) is 32.8. The molecule has 0 unspecified atom stereocenters. The van der Waals surface area contributed by atoms with Crippen molar-refractivity contribution in [2.75, 3.05) is 45.9 Å². The molecule has 14 heteroatoms. The molecule has 7 atom stereocenters. The maximum absolute atomic E-state index is 15.8. The van der Waals surface area contributed by atoms with Crippen molar-refractivity contribution >= 4 is 39.5 Å². The van der Waals surface area contributed by atoms with Gasteiger partial charge in [-0.25, -0.2) is 4.72 Å². The molecule has 348 valence electrons. The van der Waals surface area contributed by atoms with E-state index in [0.29, 0.717) is 45.4 Å². The van der Waals surface area contributed by atoms with E-state index in [4.69, 9.17) is 4.74 Å². The van der Waals surface area contributed by atoms with E-state index in [1.165, 1.54) is 4.31 Å². The molecule has 13 nitrogen and oxygen atoms in total. The fourth-order valence-corrected chi connectivity index (χ4v) is 15.2. The summed E-state index contributed by atoms with van der Waals surface area (Å²) in [6, 6.07) is -1.90. The summed E-state index contributed by atoms with van der Waals surface area (Å²) in [6.45, 7) is 21.6. The Balaban J connectivity index is 1.21. The maximum Gasteiger partial charge on any atom is 0.303 e. The zero-order valence-corrected chi connectivity index (χ0v) is 39.8. The first-order chi connectivity index (χ1) is 29.3. The average Bonchev–Trinajstić information content (AvgIpc) is 3.73. The molecule has 0 aromatic heterocycles. The van der Waals surface area contributed by atoms with Crippen molar-refractivity contribution < 1.29 is 37.1 Å². The van der Waals surface area contributed by atoms with Crippen molar-refractivity contribution in [3.63, 3.8) is 0 Å². The predicted molar refractivity (Wildman–Crippen MR) is 238 cm³/mol. The lowest BCUT2D eigenvalue weighted by atomic mass is 9.63. The topological polar surface area (TPSA) is 162 Å². The molecule has 0 aromatic rings. The Bertz CT molecular complexity index is 1880. The van der Waals surface area contributed by atoms with Crippen LogP contribution in [0.2, 0.25) is 0 Å². The molecule has 3 aliphatic heterocycles. The smallest absolute Gasteiger partial charge is 0.303 e. The van der Waals surface area contributed by atoms with Crippen molar-refractivity contribution in [1.29, 1.82) is 0 Å². The molecule has 3 saturated heterocycles. The highest BCUT2D eigenvalue weighted by atomic mass is 32.2. The van der Waals surface area contributed by atoms with Gasteiger partial charge in [-0.15, -0.1) is 6.58 Å². The fraction of sp³-hybridized carbons (Fsp3) is 0.854. The molecule has 4 saturated carbocycles. The fourth-order valence-electron chi connectivity index (χ4n) is 13.9. The first kappa shape index (κ1) is 47.3. The molecule has 2 N–H and O–H groups in total. The highest BCUT2D eigenvalue weighted by Crippen LogP contribution is 2.88. The first-order valence-electron chi connectivity index (χ1n) is 24.2. The van der Waals surface area contributed by atoms with Crippen LogP contribution in [0.4, 0.5) is 0 Å². The molecule has 2 spiro atoms. The standard InChI is InChI=1S/C48H77N5O8S/c1-9-33-29-46(33,42(58)50-62(59,60)52(11-3)12-4)31-38(55)36-30-48(43(5,6)47(48)21-17-22-47)32-53(36)41(57)34(44(7)19-14-13-15-20-44)28-37(54)39(45(8)23-26-61-27-24-45)49-40(56)35-18-16-25-51(35)10-2/h9,33-36,39H,1,10-32H2,2-8H3,(H,49,56)(H,50,58)/t33-,34-,35+,36+,39-,46-,48-/m1/s1. The molecule has 7 fully saturated rings. The van der Waals surface area contributed by atoms with E-state index >= 15 is 14.4 Å². The van der Waals surface area contributed by atoms with Gasteiger partial charge in [0.05, 0.1) is 29.5 Å². The number of likely N-dealkylation sites (N-methyl/N-ethyl adjacent to an activating group) is 1. The Labute approximate surface area is 371 Å². The van der Waals surface area contributed by atoms with Crippen LogP contribution >= 0.6 is 0 Å². The van der Waals surface area contributed by atoms with Crippen LogP contribution in [0.5, 0.6) is 0 Å². The van der Waals surface area contributed by atoms with Crippen molar-refractivity contribution in [3.8, 4) is 0 Å². The van der Waals surface area contributed by atoms with Crippen LogP contribution in [0.3, 0.4) is 0 Å². The van der Waals surface area contributed by atoms with Gasteiger partial charge in [-0.05, 0) is 105 Å². The molecule has 7 aliphatic rings. The highest BCUT2D eigenvalue weighted by molar-refractivity contribution is 7.87. The third-order valence-corrected chi connectivity index (χ3v) is 20.3. The number of fused-ring (bicyclic) bond motifs is 1. The van der Waals surface area contributed by atoms with Crippen LogP contribution in [-0.4, -0.2) is 116 Å². The number of nitrogens with one attached hydrogen (secondary N) is 2. The number of ether oxygens (including phenoxy) is 1. The quantitative estimate of drug-likeness (QED) is 0.158. The lowest BCUT2D eigenvalue weighted by Crippen LogP contribution is -2.58. The van der Waals surface area contributed by atoms with Gasteiger partial charge in [0.25, 0.3) is 0 Å². The monoisotopic (exact) mass is 884 g/mol. The summed E-state index contributed by atoms with van der Waals surface area (Å²) in [6.07, 6.45) is 12.8. The number of nitrogens with zero attached hydrogens (tertiary/aromatic N) is 3. The first-order valence-corrected chi connectivity index (χ1v) is 25.6. The number of Topliss-reactive ketones (excluding diaryl/α,β-unsaturated/α-hetero) is 2. The minimum atomic E-state index is -4.13. The molecule has 3 amide bonds. The van der Waals surface area contributed by atoms with E-state index in [0.717, 1.165) is 77.3 Å². The minimum Gasteiger partial charge on any atom is -0.381 e. The Hall–Kier alpha value is -2.68. The summed E-state index contributed by atoms with van der Waals surface area (Å²) in [7, 11) is -4.13. The lowest BCUT2D eigenvalue weighted by molar-refractivity contribution is -0.149. The van der Waals surface area contributed by atoms with Crippen LogP contribution in [-0.2, 0) is 38.9 Å². The molecule has 0 bridgehead atoms. The molecule has 0 radical (unpaired) electrons. The molecule has 4 aliphatic carbocycles. The number of hydrogen-bond donors (Lipinski definition) is 2. The minimum absolute atomic E-state index is 0.0172. The lowest BCUT2D eigenvalue weighted by Gasteiger charge is -2.44. The number of ketones is 2. The van der Waals surface area contributed by atoms with Crippen molar-refractivity contribution in [1.82, 2.24) is 24.1 Å². The number of amides is 3. The van der Waals surface area contributed by atoms with Crippen molar-refractivity contribution in [2.45, 2.75) is 169 Å². The second-order valence-corrected chi connectivity index (χ2v) is 23.3. The van der Waals surface area contributed by atoms with E-state index in [1.54, 1.807) is 19.9 Å². The third kappa shape index (κ3) is 7.73. The number of allylic oxidation sites excluding steroid dienone is 1. The average molecular weight is 884 g/mol. The van der Waals surface area contributed by atoms with Gasteiger partial charge in [-0.1, -0.05) is 80.2 Å². The zero-order chi connectivity index (χ0) is 45.1. The Morgan fingerprint density at radius 1 is 0.839 bits per heavy atom. The van der Waals surface area contributed by atoms with Crippen LogP contribution in [0.25, 0.3) is 0 Å². The summed E-state index contributed by atoms with van der Waals surface area (Å²) < 4.78 is 35.8. The second-order valence-electron chi connectivity index (χ2n) is 21.6. The maximum atomic E-state index is 15.8. The number of likely N-dealkylation sites (tertiary alicyclic amines) is 2. The Morgan fingerprint density at radius 2 is 1.50 bits per heavy atom. The second kappa shape index (κ2) is 17.3. The largest absolute Gasteiger partial charge is 0.381 e. The molecule has 0 aromatic carbocycles. The van der Waals surface area contributed by atoms with Gasteiger partial charge in [0.2, 0.25) is 17.7 Å². The SMILES string of the molecule is C=C[C@@H]1C[C@]1(CC(=O)[C@@H]1C[C@@]2(CN1C(=O)[C@@H](CC(=O)[C@@H](NC(=O)[C@@H]1CCCN1CC)C1(C)CCOCC1)C1(C)CCCCC1)C(C)(C)C21CCC1)C(=O)NS(=O)(=O)N(CC)CC. The summed E-state index contributed by atoms with van der Waals surface area (Å²) in [5, 5.41) is 3.28. The van der Waals surface area contributed by atoms with Gasteiger partial charge in [-0.2, -0.15) is 12.7 Å². The molecule has 7 rings (SSSR count). The summed E-state index contributed by atoms with van der Waals surface area (Å²) in [5.74, 6) is -2.47. The van der Waals surface area contributed by atoms with Crippen LogP contribution in [0.15, 0.2) is 12.7 Å². The van der Waals surface area contributed by atoms with E-state index in [9.17, 15) is 18.0 Å². The van der Waals surface area contributed by atoms with Crippen LogP contribution < -0.4 is 10.0 Å². The van der Waals surface area contributed by atoms with Gasteiger partial charge in [0.1, 0.15) is 0 Å².